The smallest absolute Gasteiger partial charge is 0.316 e. The number of rotatable bonds is 4. The van der Waals surface area contributed by atoms with Crippen LogP contribution < -0.4 is 5.32 Å². The molecule has 0 spiro atoms. The van der Waals surface area contributed by atoms with Crippen molar-refractivity contribution < 1.29 is 13.2 Å². The molecule has 3 rings (SSSR count). The molecule has 1 saturated heterocycles. The number of hydrogen-bond acceptors (Lipinski definition) is 4. The lowest BCUT2D eigenvalue weighted by Crippen LogP contribution is -2.36. The van der Waals surface area contributed by atoms with Crippen molar-refractivity contribution in [3.05, 3.63) is 11.6 Å². The molecule has 118 valence electrons. The monoisotopic (exact) mass is 303 g/mol. The summed E-state index contributed by atoms with van der Waals surface area (Å²) in [5, 5.41) is 10.3. The van der Waals surface area contributed by atoms with E-state index in [4.69, 9.17) is 0 Å². The quantitative estimate of drug-likeness (QED) is 0.916. The van der Waals surface area contributed by atoms with Crippen LogP contribution in [0.3, 0.4) is 0 Å². The predicted molar refractivity (Wildman–Crippen MR) is 70.5 cm³/mol. The summed E-state index contributed by atoms with van der Waals surface area (Å²) in [5.41, 5.74) is 0. The number of fused-ring (bicyclic) bond motifs is 1. The first kappa shape index (κ1) is 14.8. The summed E-state index contributed by atoms with van der Waals surface area (Å²) in [6, 6.07) is 0. The zero-order chi connectivity index (χ0) is 14.9. The Labute approximate surface area is 121 Å². The van der Waals surface area contributed by atoms with Crippen LogP contribution in [0.4, 0.5) is 13.2 Å². The first-order valence-electron chi connectivity index (χ1n) is 7.46. The van der Waals surface area contributed by atoms with Crippen LogP contribution in [0.1, 0.15) is 30.9 Å². The van der Waals surface area contributed by atoms with E-state index in [1.807, 2.05) is 0 Å². The van der Waals surface area contributed by atoms with Crippen molar-refractivity contribution in [2.24, 2.45) is 5.92 Å². The molecule has 3 heterocycles. The van der Waals surface area contributed by atoms with Crippen molar-refractivity contribution in [2.45, 2.75) is 38.5 Å². The van der Waals surface area contributed by atoms with Crippen LogP contribution in [-0.2, 0) is 19.3 Å². The third-order valence-corrected chi connectivity index (χ3v) is 4.33. The third kappa shape index (κ3) is 3.37. The van der Waals surface area contributed by atoms with Gasteiger partial charge >= 0.3 is 6.18 Å². The van der Waals surface area contributed by atoms with E-state index in [2.05, 4.69) is 20.4 Å². The highest BCUT2D eigenvalue weighted by Crippen LogP contribution is 2.29. The first-order valence-corrected chi connectivity index (χ1v) is 7.46. The minimum absolute atomic E-state index is 0.322. The fourth-order valence-electron chi connectivity index (χ4n) is 3.17. The standard InChI is InChI=1S/C13H20F3N5/c14-13(15,16)12-19-18-11-9-20(6-7-21(11)12)5-1-2-10-3-4-17-8-10/h10,17H,1-9H2. The average Bonchev–Trinajstić information content (AvgIpc) is 3.05. The molecule has 0 bridgehead atoms. The van der Waals surface area contributed by atoms with E-state index < -0.39 is 12.0 Å². The highest BCUT2D eigenvalue weighted by atomic mass is 19.4. The molecule has 0 aliphatic carbocycles. The molecular weight excluding hydrogens is 283 g/mol. The van der Waals surface area contributed by atoms with E-state index in [9.17, 15) is 13.2 Å². The summed E-state index contributed by atoms with van der Waals surface area (Å²) in [6.07, 6.45) is -0.900. The van der Waals surface area contributed by atoms with Gasteiger partial charge < -0.3 is 9.88 Å². The van der Waals surface area contributed by atoms with E-state index in [0.29, 0.717) is 25.5 Å². The summed E-state index contributed by atoms with van der Waals surface area (Å²) in [6.45, 7) is 4.55. The Bertz CT molecular complexity index is 479. The Kier molecular flexibility index (Phi) is 4.17. The van der Waals surface area contributed by atoms with Crippen molar-refractivity contribution in [1.29, 1.82) is 0 Å². The van der Waals surface area contributed by atoms with Gasteiger partial charge in [-0.25, -0.2) is 0 Å². The zero-order valence-corrected chi connectivity index (χ0v) is 11.9. The van der Waals surface area contributed by atoms with Gasteiger partial charge in [0.05, 0.1) is 6.54 Å². The van der Waals surface area contributed by atoms with Gasteiger partial charge in [-0.3, -0.25) is 4.90 Å². The maximum Gasteiger partial charge on any atom is 0.451 e. The van der Waals surface area contributed by atoms with Crippen LogP contribution in [0.2, 0.25) is 0 Å². The Balaban J connectivity index is 1.52. The molecule has 8 heteroatoms. The van der Waals surface area contributed by atoms with E-state index in [1.54, 1.807) is 0 Å². The fraction of sp³-hybridized carbons (Fsp3) is 0.846. The second-order valence-corrected chi connectivity index (χ2v) is 5.87. The van der Waals surface area contributed by atoms with Crippen LogP contribution in [0, 0.1) is 5.92 Å². The van der Waals surface area contributed by atoms with Gasteiger partial charge in [0.1, 0.15) is 5.82 Å². The molecule has 0 aromatic carbocycles. The Morgan fingerprint density at radius 1 is 1.24 bits per heavy atom. The van der Waals surface area contributed by atoms with Gasteiger partial charge in [0, 0.05) is 13.1 Å². The number of alkyl halides is 3. The molecule has 1 N–H and O–H groups in total. The molecule has 1 aromatic rings. The van der Waals surface area contributed by atoms with Gasteiger partial charge in [0.15, 0.2) is 0 Å². The molecule has 0 saturated carbocycles. The Hall–Kier alpha value is -1.15. The van der Waals surface area contributed by atoms with E-state index in [1.165, 1.54) is 17.4 Å². The number of halogens is 3. The maximum atomic E-state index is 12.7. The zero-order valence-electron chi connectivity index (χ0n) is 11.9. The molecule has 2 aliphatic rings. The average molecular weight is 303 g/mol. The molecule has 0 radical (unpaired) electrons. The van der Waals surface area contributed by atoms with Crippen molar-refractivity contribution in [1.82, 2.24) is 25.0 Å². The molecule has 1 atom stereocenters. The molecular formula is C13H20F3N5. The van der Waals surface area contributed by atoms with Gasteiger partial charge in [-0.1, -0.05) is 0 Å². The molecule has 21 heavy (non-hydrogen) atoms. The fourth-order valence-corrected chi connectivity index (χ4v) is 3.17. The van der Waals surface area contributed by atoms with Gasteiger partial charge in [-0.15, -0.1) is 10.2 Å². The van der Waals surface area contributed by atoms with Gasteiger partial charge in [-0.05, 0) is 44.8 Å². The molecule has 5 nitrogen and oxygen atoms in total. The Morgan fingerprint density at radius 3 is 2.81 bits per heavy atom. The molecule has 1 fully saturated rings. The molecule has 1 aromatic heterocycles. The normalized spacial score (nSPS) is 23.5. The van der Waals surface area contributed by atoms with Crippen LogP contribution in [0.15, 0.2) is 0 Å². The lowest BCUT2D eigenvalue weighted by Gasteiger charge is -2.28. The first-order chi connectivity index (χ1) is 10.0. The largest absolute Gasteiger partial charge is 0.451 e. The SMILES string of the molecule is FC(F)(F)c1nnc2n1CCN(CCCC1CCNC1)C2. The minimum atomic E-state index is -4.41. The summed E-state index contributed by atoms with van der Waals surface area (Å²) >= 11 is 0. The van der Waals surface area contributed by atoms with E-state index in [0.717, 1.165) is 32.0 Å². The van der Waals surface area contributed by atoms with Crippen molar-refractivity contribution in [3.63, 3.8) is 0 Å². The van der Waals surface area contributed by atoms with E-state index >= 15 is 0 Å². The Morgan fingerprint density at radius 2 is 2.10 bits per heavy atom. The van der Waals surface area contributed by atoms with Crippen LogP contribution in [-0.4, -0.2) is 45.8 Å². The molecule has 0 amide bonds. The highest BCUT2D eigenvalue weighted by Gasteiger charge is 2.39. The predicted octanol–water partition coefficient (Wildman–Crippen LogP) is 1.50. The second-order valence-electron chi connectivity index (χ2n) is 5.87. The van der Waals surface area contributed by atoms with Crippen molar-refractivity contribution in [3.8, 4) is 0 Å². The maximum absolute atomic E-state index is 12.7. The molecule has 2 aliphatic heterocycles. The lowest BCUT2D eigenvalue weighted by atomic mass is 10.0. The number of nitrogens with one attached hydrogen (secondary N) is 1. The number of aromatic nitrogens is 3. The number of nitrogens with zero attached hydrogens (tertiary/aromatic N) is 4. The van der Waals surface area contributed by atoms with Crippen molar-refractivity contribution in [2.75, 3.05) is 26.2 Å². The van der Waals surface area contributed by atoms with Gasteiger partial charge in [-0.2, -0.15) is 13.2 Å². The van der Waals surface area contributed by atoms with E-state index in [-0.39, 0.29) is 0 Å². The second kappa shape index (κ2) is 5.92. The van der Waals surface area contributed by atoms with Gasteiger partial charge in [0.25, 0.3) is 0 Å². The highest BCUT2D eigenvalue weighted by molar-refractivity contribution is 5.02. The minimum Gasteiger partial charge on any atom is -0.316 e. The van der Waals surface area contributed by atoms with Crippen molar-refractivity contribution >= 4 is 0 Å². The summed E-state index contributed by atoms with van der Waals surface area (Å²) < 4.78 is 39.4. The van der Waals surface area contributed by atoms with Crippen LogP contribution in [0.5, 0.6) is 0 Å². The summed E-state index contributed by atoms with van der Waals surface area (Å²) in [7, 11) is 0. The van der Waals surface area contributed by atoms with Crippen LogP contribution >= 0.6 is 0 Å². The number of hydrogen-bond donors (Lipinski definition) is 1. The lowest BCUT2D eigenvalue weighted by molar-refractivity contribution is -0.148. The van der Waals surface area contributed by atoms with Gasteiger partial charge in [0.2, 0.25) is 5.82 Å². The summed E-state index contributed by atoms with van der Waals surface area (Å²) in [5.74, 6) is 0.320. The third-order valence-electron chi connectivity index (χ3n) is 4.33. The van der Waals surface area contributed by atoms with Crippen LogP contribution in [0.25, 0.3) is 0 Å². The molecule has 1 unspecified atom stereocenters. The topological polar surface area (TPSA) is 46.0 Å². The summed E-state index contributed by atoms with van der Waals surface area (Å²) in [4.78, 5) is 2.17.